The van der Waals surface area contributed by atoms with Crippen LogP contribution in [0.15, 0.2) is 29.1 Å². The number of anilines is 1. The standard InChI is InChI=1S/C21H25N3O3S/c1-12(2)18-23-20-16(21(26)24(18)10-11-27-5)14(4)17(28-20)19(25)22-15-9-7-6-8-13(15)3/h6-9,12H,10-11H2,1-5H3,(H,22,25). The molecule has 0 spiro atoms. The summed E-state index contributed by atoms with van der Waals surface area (Å²) < 4.78 is 6.82. The second-order valence-electron chi connectivity index (χ2n) is 7.08. The van der Waals surface area contributed by atoms with Gasteiger partial charge in [0.1, 0.15) is 10.7 Å². The normalized spacial score (nSPS) is 11.4. The van der Waals surface area contributed by atoms with Crippen LogP contribution < -0.4 is 10.9 Å². The number of hydrogen-bond acceptors (Lipinski definition) is 5. The molecule has 0 saturated heterocycles. The van der Waals surface area contributed by atoms with Gasteiger partial charge in [0.25, 0.3) is 11.5 Å². The van der Waals surface area contributed by atoms with E-state index in [1.807, 2.05) is 52.0 Å². The first-order chi connectivity index (χ1) is 13.3. The number of aryl methyl sites for hydroxylation is 2. The molecule has 148 valence electrons. The Morgan fingerprint density at radius 1 is 1.29 bits per heavy atom. The molecule has 0 aliphatic carbocycles. The van der Waals surface area contributed by atoms with Crippen LogP contribution in [0.1, 0.15) is 46.4 Å². The second kappa shape index (κ2) is 8.24. The number of rotatable bonds is 6. The van der Waals surface area contributed by atoms with Gasteiger partial charge in [-0.25, -0.2) is 4.98 Å². The van der Waals surface area contributed by atoms with Gasteiger partial charge in [0.05, 0.1) is 23.4 Å². The van der Waals surface area contributed by atoms with Crippen LogP contribution in [0.3, 0.4) is 0 Å². The van der Waals surface area contributed by atoms with E-state index in [2.05, 4.69) is 5.32 Å². The lowest BCUT2D eigenvalue weighted by atomic mass is 10.1. The van der Waals surface area contributed by atoms with E-state index in [1.54, 1.807) is 11.7 Å². The summed E-state index contributed by atoms with van der Waals surface area (Å²) in [4.78, 5) is 31.9. The van der Waals surface area contributed by atoms with Gasteiger partial charge in [-0.1, -0.05) is 32.0 Å². The molecular weight excluding hydrogens is 374 g/mol. The molecular formula is C21H25N3O3S. The number of carbonyl (C=O) groups is 1. The van der Waals surface area contributed by atoms with Crippen LogP contribution >= 0.6 is 11.3 Å². The third kappa shape index (κ3) is 3.72. The number of thiophene rings is 1. The monoisotopic (exact) mass is 399 g/mol. The largest absolute Gasteiger partial charge is 0.383 e. The van der Waals surface area contributed by atoms with Crippen LogP contribution in [0.4, 0.5) is 5.69 Å². The third-order valence-electron chi connectivity index (χ3n) is 4.71. The zero-order valence-electron chi connectivity index (χ0n) is 16.8. The quantitative estimate of drug-likeness (QED) is 0.677. The molecule has 0 radical (unpaired) electrons. The molecule has 3 aromatic rings. The molecule has 0 saturated carbocycles. The summed E-state index contributed by atoms with van der Waals surface area (Å²) in [7, 11) is 1.61. The number of benzene rings is 1. The lowest BCUT2D eigenvalue weighted by Crippen LogP contribution is -2.27. The van der Waals surface area contributed by atoms with Crippen molar-refractivity contribution in [2.75, 3.05) is 19.0 Å². The molecule has 2 heterocycles. The maximum absolute atomic E-state index is 13.2. The Morgan fingerprint density at radius 3 is 2.64 bits per heavy atom. The van der Waals surface area contributed by atoms with Crippen molar-refractivity contribution in [3.63, 3.8) is 0 Å². The van der Waals surface area contributed by atoms with Crippen LogP contribution in [-0.4, -0.2) is 29.2 Å². The number of aromatic nitrogens is 2. The first kappa shape index (κ1) is 20.2. The number of amides is 1. The van der Waals surface area contributed by atoms with Crippen molar-refractivity contribution >= 4 is 33.1 Å². The fourth-order valence-corrected chi connectivity index (χ4v) is 4.25. The minimum Gasteiger partial charge on any atom is -0.383 e. The number of ether oxygens (including phenoxy) is 1. The van der Waals surface area contributed by atoms with Gasteiger partial charge < -0.3 is 10.1 Å². The van der Waals surface area contributed by atoms with Crippen molar-refractivity contribution < 1.29 is 9.53 Å². The van der Waals surface area contributed by atoms with E-state index < -0.39 is 0 Å². The Balaban J connectivity index is 2.09. The highest BCUT2D eigenvalue weighted by molar-refractivity contribution is 7.20. The molecule has 6 nitrogen and oxygen atoms in total. The van der Waals surface area contributed by atoms with Gasteiger partial charge in [0.2, 0.25) is 0 Å². The molecule has 0 atom stereocenters. The molecule has 0 aliphatic heterocycles. The van der Waals surface area contributed by atoms with Crippen molar-refractivity contribution in [2.45, 2.75) is 40.2 Å². The Bertz CT molecular complexity index is 1080. The van der Waals surface area contributed by atoms with Crippen molar-refractivity contribution in [1.29, 1.82) is 0 Å². The predicted octanol–water partition coefficient (Wildman–Crippen LogP) is 4.10. The Morgan fingerprint density at radius 2 is 2.00 bits per heavy atom. The average molecular weight is 400 g/mol. The maximum atomic E-state index is 13.2. The first-order valence-corrected chi connectivity index (χ1v) is 10.1. The smallest absolute Gasteiger partial charge is 0.266 e. The van der Waals surface area contributed by atoms with Crippen LogP contribution in [0.2, 0.25) is 0 Å². The first-order valence-electron chi connectivity index (χ1n) is 9.24. The number of para-hydroxylation sites is 1. The van der Waals surface area contributed by atoms with Gasteiger partial charge in [-0.2, -0.15) is 0 Å². The van der Waals surface area contributed by atoms with Crippen molar-refractivity contribution in [2.24, 2.45) is 0 Å². The lowest BCUT2D eigenvalue weighted by molar-refractivity contribution is 0.103. The van der Waals surface area contributed by atoms with E-state index in [1.165, 1.54) is 11.3 Å². The van der Waals surface area contributed by atoms with Crippen LogP contribution in [0, 0.1) is 13.8 Å². The summed E-state index contributed by atoms with van der Waals surface area (Å²) in [6, 6.07) is 7.61. The van der Waals surface area contributed by atoms with E-state index in [4.69, 9.17) is 9.72 Å². The second-order valence-corrected chi connectivity index (χ2v) is 8.08. The zero-order valence-corrected chi connectivity index (χ0v) is 17.6. The van der Waals surface area contributed by atoms with Crippen LogP contribution in [0.5, 0.6) is 0 Å². The fourth-order valence-electron chi connectivity index (χ4n) is 3.18. The van der Waals surface area contributed by atoms with Gasteiger partial charge >= 0.3 is 0 Å². The van der Waals surface area contributed by atoms with Crippen LogP contribution in [0.25, 0.3) is 10.2 Å². The van der Waals surface area contributed by atoms with E-state index in [-0.39, 0.29) is 17.4 Å². The summed E-state index contributed by atoms with van der Waals surface area (Å²) >= 11 is 1.27. The van der Waals surface area contributed by atoms with Gasteiger partial charge in [0.15, 0.2) is 0 Å². The van der Waals surface area contributed by atoms with Crippen molar-refractivity contribution in [1.82, 2.24) is 9.55 Å². The highest BCUT2D eigenvalue weighted by Gasteiger charge is 2.22. The van der Waals surface area contributed by atoms with E-state index >= 15 is 0 Å². The van der Waals surface area contributed by atoms with E-state index in [0.717, 1.165) is 11.3 Å². The maximum Gasteiger partial charge on any atom is 0.266 e. The number of methoxy groups -OCH3 is 1. The predicted molar refractivity (Wildman–Crippen MR) is 114 cm³/mol. The molecule has 1 aromatic carbocycles. The minimum absolute atomic E-state index is 0.0839. The molecule has 0 bridgehead atoms. The Hall–Kier alpha value is -2.51. The van der Waals surface area contributed by atoms with Gasteiger partial charge in [-0.05, 0) is 31.0 Å². The summed E-state index contributed by atoms with van der Waals surface area (Å²) in [6.45, 7) is 8.62. The average Bonchev–Trinajstić information content (AvgIpc) is 2.99. The Kier molecular flexibility index (Phi) is 5.96. The van der Waals surface area contributed by atoms with Gasteiger partial charge in [0, 0.05) is 18.7 Å². The summed E-state index contributed by atoms with van der Waals surface area (Å²) in [5, 5.41) is 3.46. The van der Waals surface area contributed by atoms with Crippen molar-refractivity contribution in [3.8, 4) is 0 Å². The van der Waals surface area contributed by atoms with E-state index in [9.17, 15) is 9.59 Å². The third-order valence-corrected chi connectivity index (χ3v) is 5.90. The molecule has 3 rings (SSSR count). The molecule has 1 amide bonds. The fraction of sp³-hybridized carbons (Fsp3) is 0.381. The zero-order chi connectivity index (χ0) is 20.4. The van der Waals surface area contributed by atoms with Gasteiger partial charge in [-0.15, -0.1) is 11.3 Å². The molecule has 2 aromatic heterocycles. The molecule has 0 unspecified atom stereocenters. The van der Waals surface area contributed by atoms with Crippen LogP contribution in [-0.2, 0) is 11.3 Å². The summed E-state index contributed by atoms with van der Waals surface area (Å²) in [5.74, 6) is 0.575. The van der Waals surface area contributed by atoms with Gasteiger partial charge in [-0.3, -0.25) is 14.2 Å². The van der Waals surface area contributed by atoms with E-state index in [0.29, 0.717) is 39.6 Å². The number of hydrogen-bond donors (Lipinski definition) is 1. The number of fused-ring (bicyclic) bond motifs is 1. The highest BCUT2D eigenvalue weighted by atomic mass is 32.1. The highest BCUT2D eigenvalue weighted by Crippen LogP contribution is 2.29. The molecule has 0 aliphatic rings. The molecule has 28 heavy (non-hydrogen) atoms. The number of nitrogens with zero attached hydrogens (tertiary/aromatic N) is 2. The summed E-state index contributed by atoms with van der Waals surface area (Å²) in [5.41, 5.74) is 2.30. The number of carbonyl (C=O) groups excluding carboxylic acids is 1. The SMILES string of the molecule is COCCn1c(C(C)C)nc2sc(C(=O)Nc3ccccc3C)c(C)c2c1=O. The van der Waals surface area contributed by atoms with Crippen molar-refractivity contribution in [3.05, 3.63) is 56.4 Å². The topological polar surface area (TPSA) is 73.2 Å². The molecule has 0 fully saturated rings. The number of nitrogens with one attached hydrogen (secondary N) is 1. The minimum atomic E-state index is -0.219. The Labute approximate surface area is 168 Å². The molecule has 1 N–H and O–H groups in total. The molecule has 7 heteroatoms. The summed E-state index contributed by atoms with van der Waals surface area (Å²) in [6.07, 6.45) is 0. The lowest BCUT2D eigenvalue weighted by Gasteiger charge is -2.14.